The van der Waals surface area contributed by atoms with E-state index in [-0.39, 0.29) is 18.1 Å². The van der Waals surface area contributed by atoms with Crippen LogP contribution in [-0.2, 0) is 14.4 Å². The highest BCUT2D eigenvalue weighted by atomic mass is 19.1. The summed E-state index contributed by atoms with van der Waals surface area (Å²) in [5, 5.41) is 2.41. The number of carbonyl (C=O) groups excluding carboxylic acids is 1. The van der Waals surface area contributed by atoms with Gasteiger partial charge in [0.15, 0.2) is 0 Å². The lowest BCUT2D eigenvalue weighted by Crippen LogP contribution is -2.29. The lowest BCUT2D eigenvalue weighted by atomic mass is 10.3. The molecule has 0 aliphatic rings. The number of methoxy groups -OCH3 is 1. The minimum absolute atomic E-state index is 0.0575. The second kappa shape index (κ2) is 7.72. The molecule has 0 radical (unpaired) electrons. The number of ether oxygens (including phenoxy) is 1. The van der Waals surface area contributed by atoms with Crippen molar-refractivity contribution < 1.29 is 18.8 Å². The molecule has 17 heavy (non-hydrogen) atoms. The Hall–Kier alpha value is -1.50. The van der Waals surface area contributed by atoms with Crippen molar-refractivity contribution >= 4 is 11.6 Å². The van der Waals surface area contributed by atoms with Crippen LogP contribution in [0.5, 0.6) is 0 Å². The molecular formula is C11H15FN2O3. The fourth-order valence-corrected chi connectivity index (χ4v) is 1.07. The normalized spacial score (nSPS) is 10.2. The van der Waals surface area contributed by atoms with Crippen LogP contribution in [-0.4, -0.2) is 32.8 Å². The molecule has 2 N–H and O–H groups in total. The first-order valence-electron chi connectivity index (χ1n) is 5.12. The van der Waals surface area contributed by atoms with Gasteiger partial charge in [0.25, 0.3) is 0 Å². The minimum Gasteiger partial charge on any atom is -0.382 e. The molecule has 0 aromatic heterocycles. The number of anilines is 1. The lowest BCUT2D eigenvalue weighted by molar-refractivity contribution is -0.118. The Kier molecular flexibility index (Phi) is 6.16. The van der Waals surface area contributed by atoms with Crippen LogP contribution < -0.4 is 10.8 Å². The first kappa shape index (κ1) is 13.6. The summed E-state index contributed by atoms with van der Waals surface area (Å²) in [6, 6.07) is 5.95. The molecule has 1 aromatic rings. The molecule has 5 nitrogen and oxygen atoms in total. The van der Waals surface area contributed by atoms with E-state index in [0.717, 1.165) is 0 Å². The number of para-hydroxylation sites is 1. The third-order valence-electron chi connectivity index (χ3n) is 1.87. The molecule has 1 rings (SSSR count). The molecule has 0 saturated carbocycles. The van der Waals surface area contributed by atoms with Gasteiger partial charge in [0.1, 0.15) is 12.4 Å². The van der Waals surface area contributed by atoms with Crippen molar-refractivity contribution in [3.8, 4) is 0 Å². The maximum absolute atomic E-state index is 13.2. The molecule has 0 bridgehead atoms. The van der Waals surface area contributed by atoms with E-state index in [1.807, 2.05) is 0 Å². The third-order valence-corrected chi connectivity index (χ3v) is 1.87. The molecule has 94 valence electrons. The highest BCUT2D eigenvalue weighted by Gasteiger charge is 2.05. The fraction of sp³-hybridized carbons (Fsp3) is 0.364. The van der Waals surface area contributed by atoms with E-state index in [1.165, 1.54) is 12.1 Å². The first-order valence-corrected chi connectivity index (χ1v) is 5.12. The molecule has 0 fully saturated rings. The molecule has 0 aliphatic carbocycles. The van der Waals surface area contributed by atoms with Crippen LogP contribution in [0.2, 0.25) is 0 Å². The SMILES string of the molecule is COCCONCC(=O)Nc1ccccc1F. The molecule has 6 heteroatoms. The van der Waals surface area contributed by atoms with Crippen LogP contribution in [0, 0.1) is 5.82 Å². The Morgan fingerprint density at radius 3 is 2.82 bits per heavy atom. The largest absolute Gasteiger partial charge is 0.382 e. The Morgan fingerprint density at radius 2 is 2.12 bits per heavy atom. The van der Waals surface area contributed by atoms with E-state index < -0.39 is 5.82 Å². The van der Waals surface area contributed by atoms with Crippen LogP contribution in [0.3, 0.4) is 0 Å². The van der Waals surface area contributed by atoms with Crippen LogP contribution in [0.15, 0.2) is 24.3 Å². The van der Waals surface area contributed by atoms with Gasteiger partial charge < -0.3 is 10.1 Å². The van der Waals surface area contributed by atoms with E-state index in [4.69, 9.17) is 9.57 Å². The quantitative estimate of drug-likeness (QED) is 0.551. The van der Waals surface area contributed by atoms with Crippen molar-refractivity contribution in [1.82, 2.24) is 5.48 Å². The van der Waals surface area contributed by atoms with Gasteiger partial charge in [-0.1, -0.05) is 12.1 Å². The zero-order valence-electron chi connectivity index (χ0n) is 9.53. The van der Waals surface area contributed by atoms with Crippen LogP contribution in [0.4, 0.5) is 10.1 Å². The Balaban J connectivity index is 2.23. The van der Waals surface area contributed by atoms with Gasteiger partial charge in [-0.25, -0.2) is 4.39 Å². The van der Waals surface area contributed by atoms with Gasteiger partial charge in [-0.05, 0) is 12.1 Å². The fourth-order valence-electron chi connectivity index (χ4n) is 1.07. The summed E-state index contributed by atoms with van der Waals surface area (Å²) < 4.78 is 17.9. The number of nitrogens with one attached hydrogen (secondary N) is 2. The van der Waals surface area contributed by atoms with Crippen molar-refractivity contribution in [3.05, 3.63) is 30.1 Å². The number of halogens is 1. The molecule has 0 saturated heterocycles. The van der Waals surface area contributed by atoms with Gasteiger partial charge in [-0.3, -0.25) is 9.63 Å². The molecule has 0 unspecified atom stereocenters. The summed E-state index contributed by atoms with van der Waals surface area (Å²) in [6.45, 7) is 0.712. The predicted molar refractivity (Wildman–Crippen MR) is 60.9 cm³/mol. The lowest BCUT2D eigenvalue weighted by Gasteiger charge is -2.07. The van der Waals surface area contributed by atoms with Crippen LogP contribution in [0.1, 0.15) is 0 Å². The average molecular weight is 242 g/mol. The number of benzene rings is 1. The Labute approximate surface area is 98.9 Å². The predicted octanol–water partition coefficient (Wildman–Crippen LogP) is 0.932. The van der Waals surface area contributed by atoms with Crippen LogP contribution >= 0.6 is 0 Å². The highest BCUT2D eigenvalue weighted by molar-refractivity contribution is 5.92. The van der Waals surface area contributed by atoms with Gasteiger partial charge >= 0.3 is 0 Å². The number of hydroxylamine groups is 1. The number of rotatable bonds is 7. The van der Waals surface area contributed by atoms with Gasteiger partial charge in [0, 0.05) is 7.11 Å². The van der Waals surface area contributed by atoms with Crippen molar-refractivity contribution in [1.29, 1.82) is 0 Å². The van der Waals surface area contributed by atoms with Crippen molar-refractivity contribution in [2.45, 2.75) is 0 Å². The standard InChI is InChI=1S/C11H15FN2O3/c1-16-6-7-17-13-8-11(15)14-10-5-3-2-4-9(10)12/h2-5,13H,6-8H2,1H3,(H,14,15). The summed E-state index contributed by atoms with van der Waals surface area (Å²) in [7, 11) is 1.55. The van der Waals surface area contributed by atoms with Gasteiger partial charge in [0.05, 0.1) is 18.9 Å². The molecular weight excluding hydrogens is 227 g/mol. The zero-order chi connectivity index (χ0) is 12.5. The van der Waals surface area contributed by atoms with E-state index in [0.29, 0.717) is 13.2 Å². The number of hydrogen-bond donors (Lipinski definition) is 2. The van der Waals surface area contributed by atoms with Crippen LogP contribution in [0.25, 0.3) is 0 Å². The molecule has 0 spiro atoms. The number of carbonyl (C=O) groups is 1. The summed E-state index contributed by atoms with van der Waals surface area (Å²) >= 11 is 0. The molecule has 0 aliphatic heterocycles. The Bertz CT molecular complexity index is 360. The molecule has 1 aromatic carbocycles. The van der Waals surface area contributed by atoms with Gasteiger partial charge in [-0.15, -0.1) is 0 Å². The van der Waals surface area contributed by atoms with Gasteiger partial charge in [0.2, 0.25) is 5.91 Å². The smallest absolute Gasteiger partial charge is 0.240 e. The molecule has 0 heterocycles. The molecule has 1 amide bonds. The Morgan fingerprint density at radius 1 is 1.35 bits per heavy atom. The third kappa shape index (κ3) is 5.39. The first-order chi connectivity index (χ1) is 8.24. The van der Waals surface area contributed by atoms with E-state index in [2.05, 4.69) is 10.8 Å². The molecule has 0 atom stereocenters. The van der Waals surface area contributed by atoms with E-state index in [1.54, 1.807) is 19.2 Å². The maximum atomic E-state index is 13.2. The maximum Gasteiger partial charge on any atom is 0.240 e. The average Bonchev–Trinajstić information content (AvgIpc) is 2.32. The van der Waals surface area contributed by atoms with Crippen molar-refractivity contribution in [2.75, 3.05) is 32.2 Å². The number of hydrogen-bond acceptors (Lipinski definition) is 4. The zero-order valence-corrected chi connectivity index (χ0v) is 9.53. The van der Waals surface area contributed by atoms with E-state index >= 15 is 0 Å². The number of amides is 1. The summed E-state index contributed by atoms with van der Waals surface area (Å²) in [5.74, 6) is -0.853. The van der Waals surface area contributed by atoms with E-state index in [9.17, 15) is 9.18 Å². The summed E-state index contributed by atoms with van der Waals surface area (Å²) in [4.78, 5) is 16.2. The second-order valence-electron chi connectivity index (χ2n) is 3.19. The minimum atomic E-state index is -0.471. The highest BCUT2D eigenvalue weighted by Crippen LogP contribution is 2.11. The summed E-state index contributed by atoms with van der Waals surface area (Å²) in [6.07, 6.45) is 0. The van der Waals surface area contributed by atoms with Gasteiger partial charge in [-0.2, -0.15) is 5.48 Å². The monoisotopic (exact) mass is 242 g/mol. The second-order valence-corrected chi connectivity index (χ2v) is 3.19. The topological polar surface area (TPSA) is 59.6 Å². The summed E-state index contributed by atoms with van der Waals surface area (Å²) in [5.41, 5.74) is 2.59. The van der Waals surface area contributed by atoms with Crippen molar-refractivity contribution in [3.63, 3.8) is 0 Å². The van der Waals surface area contributed by atoms with Crippen molar-refractivity contribution in [2.24, 2.45) is 0 Å².